The van der Waals surface area contributed by atoms with Gasteiger partial charge < -0.3 is 20.3 Å². The maximum absolute atomic E-state index is 9.20. The first-order valence-corrected chi connectivity index (χ1v) is 5.43. The first-order valence-electron chi connectivity index (χ1n) is 5.43. The van der Waals surface area contributed by atoms with Gasteiger partial charge in [0.25, 0.3) is 0 Å². The van der Waals surface area contributed by atoms with Crippen LogP contribution in [0.1, 0.15) is 11.7 Å². The minimum Gasteiger partial charge on any atom is -0.394 e. The molecule has 1 aliphatic heterocycles. The van der Waals surface area contributed by atoms with Crippen molar-refractivity contribution in [1.29, 1.82) is 0 Å². The number of nitrogens with one attached hydrogen (secondary N) is 1. The van der Waals surface area contributed by atoms with E-state index in [0.29, 0.717) is 13.2 Å². The topological polar surface area (TPSA) is 61.7 Å². The van der Waals surface area contributed by atoms with Gasteiger partial charge in [-0.3, -0.25) is 0 Å². The van der Waals surface area contributed by atoms with Crippen LogP contribution in [0.5, 0.6) is 0 Å². The van der Waals surface area contributed by atoms with Crippen molar-refractivity contribution < 1.29 is 14.9 Å². The van der Waals surface area contributed by atoms with Crippen LogP contribution in [0.25, 0.3) is 0 Å². The standard InChI is InChI=1S/C12H17NO3/c14-7-12(8-15)9-16-11(6-13-12)10-4-2-1-3-5-10/h1-5,11,13-15H,6-9H2. The maximum Gasteiger partial charge on any atom is 0.0950 e. The van der Waals surface area contributed by atoms with Gasteiger partial charge in [-0.1, -0.05) is 30.3 Å². The van der Waals surface area contributed by atoms with Crippen molar-refractivity contribution in [1.82, 2.24) is 5.32 Å². The highest BCUT2D eigenvalue weighted by atomic mass is 16.5. The molecule has 88 valence electrons. The summed E-state index contributed by atoms with van der Waals surface area (Å²) in [5, 5.41) is 21.5. The van der Waals surface area contributed by atoms with Crippen molar-refractivity contribution in [3.8, 4) is 0 Å². The SMILES string of the molecule is OCC1(CO)COC(c2ccccc2)CN1. The molecular formula is C12H17NO3. The summed E-state index contributed by atoms with van der Waals surface area (Å²) < 4.78 is 5.68. The molecule has 1 unspecified atom stereocenters. The fourth-order valence-electron chi connectivity index (χ4n) is 1.81. The second-order valence-electron chi connectivity index (χ2n) is 4.19. The third-order valence-corrected chi connectivity index (χ3v) is 3.00. The van der Waals surface area contributed by atoms with E-state index < -0.39 is 5.54 Å². The molecule has 1 saturated heterocycles. The van der Waals surface area contributed by atoms with Crippen molar-refractivity contribution in [2.75, 3.05) is 26.4 Å². The van der Waals surface area contributed by atoms with Crippen molar-refractivity contribution in [2.24, 2.45) is 0 Å². The van der Waals surface area contributed by atoms with Crippen molar-refractivity contribution in [3.63, 3.8) is 0 Å². The Bertz CT molecular complexity index is 314. The van der Waals surface area contributed by atoms with Crippen LogP contribution in [0.15, 0.2) is 30.3 Å². The predicted molar refractivity (Wildman–Crippen MR) is 60.0 cm³/mol. The Morgan fingerprint density at radius 2 is 1.94 bits per heavy atom. The van der Waals surface area contributed by atoms with E-state index >= 15 is 0 Å². The summed E-state index contributed by atoms with van der Waals surface area (Å²) in [6.45, 7) is 0.681. The number of ether oxygens (including phenoxy) is 1. The van der Waals surface area contributed by atoms with Crippen LogP contribution in [0, 0.1) is 0 Å². The molecule has 0 aromatic heterocycles. The van der Waals surface area contributed by atoms with Gasteiger partial charge in [0.15, 0.2) is 0 Å². The smallest absolute Gasteiger partial charge is 0.0950 e. The molecule has 0 aliphatic carbocycles. The van der Waals surface area contributed by atoms with E-state index in [1.54, 1.807) is 0 Å². The van der Waals surface area contributed by atoms with Crippen molar-refractivity contribution in [2.45, 2.75) is 11.6 Å². The van der Waals surface area contributed by atoms with Gasteiger partial charge in [-0.15, -0.1) is 0 Å². The van der Waals surface area contributed by atoms with Crippen LogP contribution in [0.4, 0.5) is 0 Å². The highest BCUT2D eigenvalue weighted by Crippen LogP contribution is 2.23. The molecule has 1 atom stereocenters. The van der Waals surface area contributed by atoms with Gasteiger partial charge >= 0.3 is 0 Å². The molecular weight excluding hydrogens is 206 g/mol. The maximum atomic E-state index is 9.20. The van der Waals surface area contributed by atoms with E-state index in [-0.39, 0.29) is 19.3 Å². The lowest BCUT2D eigenvalue weighted by Gasteiger charge is -2.38. The van der Waals surface area contributed by atoms with E-state index in [4.69, 9.17) is 4.74 Å². The molecule has 1 aliphatic rings. The molecule has 0 spiro atoms. The quantitative estimate of drug-likeness (QED) is 0.678. The Balaban J connectivity index is 2.00. The van der Waals surface area contributed by atoms with E-state index in [2.05, 4.69) is 5.32 Å². The Labute approximate surface area is 94.9 Å². The normalized spacial score (nSPS) is 24.2. The zero-order chi connectivity index (χ0) is 11.4. The highest BCUT2D eigenvalue weighted by molar-refractivity contribution is 5.18. The second kappa shape index (κ2) is 4.93. The number of hydrogen-bond acceptors (Lipinski definition) is 4. The lowest BCUT2D eigenvalue weighted by Crippen LogP contribution is -2.59. The molecule has 0 bridgehead atoms. The molecule has 4 heteroatoms. The Kier molecular flexibility index (Phi) is 3.56. The molecule has 4 nitrogen and oxygen atoms in total. The first kappa shape index (κ1) is 11.5. The Hall–Kier alpha value is -0.940. The summed E-state index contributed by atoms with van der Waals surface area (Å²) in [5.41, 5.74) is 0.421. The second-order valence-corrected chi connectivity index (χ2v) is 4.19. The third-order valence-electron chi connectivity index (χ3n) is 3.00. The number of rotatable bonds is 3. The predicted octanol–water partition coefficient (Wildman–Crippen LogP) is 0.0709. The summed E-state index contributed by atoms with van der Waals surface area (Å²) in [4.78, 5) is 0. The largest absolute Gasteiger partial charge is 0.394 e. The van der Waals surface area contributed by atoms with Crippen molar-refractivity contribution in [3.05, 3.63) is 35.9 Å². The summed E-state index contributed by atoms with van der Waals surface area (Å²) in [7, 11) is 0. The summed E-state index contributed by atoms with van der Waals surface area (Å²) in [6.07, 6.45) is -0.00701. The van der Waals surface area contributed by atoms with Gasteiger partial charge in [-0.25, -0.2) is 0 Å². The fraction of sp³-hybridized carbons (Fsp3) is 0.500. The number of aliphatic hydroxyl groups is 2. The molecule has 1 heterocycles. The number of benzene rings is 1. The van der Waals surface area contributed by atoms with Gasteiger partial charge in [0.05, 0.1) is 31.5 Å². The Morgan fingerprint density at radius 3 is 2.44 bits per heavy atom. The van der Waals surface area contributed by atoms with Crippen LogP contribution >= 0.6 is 0 Å². The monoisotopic (exact) mass is 223 g/mol. The molecule has 1 aromatic rings. The lowest BCUT2D eigenvalue weighted by molar-refractivity contribution is -0.0700. The molecule has 3 N–H and O–H groups in total. The summed E-state index contributed by atoms with van der Waals surface area (Å²) >= 11 is 0. The molecule has 16 heavy (non-hydrogen) atoms. The average Bonchev–Trinajstić information content (AvgIpc) is 2.40. The zero-order valence-electron chi connectivity index (χ0n) is 9.10. The molecule has 1 fully saturated rings. The zero-order valence-corrected chi connectivity index (χ0v) is 9.10. The van der Waals surface area contributed by atoms with Crippen LogP contribution < -0.4 is 5.32 Å². The Morgan fingerprint density at radius 1 is 1.25 bits per heavy atom. The van der Waals surface area contributed by atoms with Crippen LogP contribution in [0.2, 0.25) is 0 Å². The van der Waals surface area contributed by atoms with Gasteiger partial charge in [-0.05, 0) is 5.56 Å². The lowest BCUT2D eigenvalue weighted by atomic mass is 9.99. The number of aliphatic hydroxyl groups excluding tert-OH is 2. The molecule has 2 rings (SSSR count). The highest BCUT2D eigenvalue weighted by Gasteiger charge is 2.34. The van der Waals surface area contributed by atoms with Gasteiger partial charge in [-0.2, -0.15) is 0 Å². The number of morpholine rings is 1. The molecule has 1 aromatic carbocycles. The van der Waals surface area contributed by atoms with Gasteiger partial charge in [0.1, 0.15) is 0 Å². The van der Waals surface area contributed by atoms with Crippen LogP contribution in [0.3, 0.4) is 0 Å². The van der Waals surface area contributed by atoms with E-state index in [9.17, 15) is 10.2 Å². The average molecular weight is 223 g/mol. The van der Waals surface area contributed by atoms with Crippen LogP contribution in [-0.4, -0.2) is 42.1 Å². The fourth-order valence-corrected chi connectivity index (χ4v) is 1.81. The minimum absolute atomic E-state index is 0.00701. The van der Waals surface area contributed by atoms with E-state index in [0.717, 1.165) is 5.56 Å². The first-order chi connectivity index (χ1) is 7.79. The summed E-state index contributed by atoms with van der Waals surface area (Å²) in [5.74, 6) is 0. The van der Waals surface area contributed by atoms with Crippen molar-refractivity contribution >= 4 is 0 Å². The van der Waals surface area contributed by atoms with E-state index in [1.165, 1.54) is 0 Å². The van der Waals surface area contributed by atoms with Crippen LogP contribution in [-0.2, 0) is 4.74 Å². The number of hydrogen-bond donors (Lipinski definition) is 3. The van der Waals surface area contributed by atoms with Gasteiger partial charge in [0, 0.05) is 6.54 Å². The van der Waals surface area contributed by atoms with E-state index in [1.807, 2.05) is 30.3 Å². The third kappa shape index (κ3) is 2.25. The molecule has 0 radical (unpaired) electrons. The summed E-state index contributed by atoms with van der Waals surface area (Å²) in [6, 6.07) is 9.93. The molecule has 0 saturated carbocycles. The van der Waals surface area contributed by atoms with Gasteiger partial charge in [0.2, 0.25) is 0 Å². The minimum atomic E-state index is -0.689. The molecule has 0 amide bonds.